The van der Waals surface area contributed by atoms with Crippen molar-refractivity contribution in [1.29, 1.82) is 0 Å². The number of hydrogen-bond acceptors (Lipinski definition) is 15. The molecule has 6 aromatic rings. The molecule has 20 nitrogen and oxygen atoms in total. The van der Waals surface area contributed by atoms with Crippen molar-refractivity contribution in [3.8, 4) is 17.1 Å². The summed E-state index contributed by atoms with van der Waals surface area (Å²) in [6, 6.07) is 17.6. The van der Waals surface area contributed by atoms with E-state index in [1.165, 1.54) is 0 Å². The van der Waals surface area contributed by atoms with Crippen LogP contribution in [0.25, 0.3) is 32.5 Å². The van der Waals surface area contributed by atoms with E-state index in [0.29, 0.717) is 61.5 Å². The van der Waals surface area contributed by atoms with Crippen LogP contribution in [0.15, 0.2) is 75.9 Å². The van der Waals surface area contributed by atoms with Crippen molar-refractivity contribution < 1.29 is 51.8 Å². The smallest absolute Gasteiger partial charge is 0.343 e. The number of anilines is 1. The molecule has 69 heavy (non-hydrogen) atoms. The largest absolute Gasteiger partial charge is 0.490 e. The monoisotopic (exact) mass is 976 g/mol. The van der Waals surface area contributed by atoms with Gasteiger partial charge in [-0.2, -0.15) is 0 Å². The van der Waals surface area contributed by atoms with Gasteiger partial charge < -0.3 is 45.7 Å². The van der Waals surface area contributed by atoms with Crippen LogP contribution in [0.3, 0.4) is 0 Å². The van der Waals surface area contributed by atoms with Crippen LogP contribution in [-0.4, -0.2) is 102 Å². The van der Waals surface area contributed by atoms with E-state index in [2.05, 4.69) is 31.6 Å². The number of nitrogens with one attached hydrogen (secondary N) is 5. The summed E-state index contributed by atoms with van der Waals surface area (Å²) in [6.45, 7) is 0.380. The highest BCUT2D eigenvalue weighted by Crippen LogP contribution is 2.45. The average Bonchev–Trinajstić information content (AvgIpc) is 3.94. The molecule has 356 valence electrons. The number of esters is 1. The number of fused-ring (bicyclic) bond motifs is 6. The molecule has 3 aromatic heterocycles. The Labute approximate surface area is 396 Å². The third-order valence-electron chi connectivity index (χ3n) is 12.2. The molecule has 0 unspecified atom stereocenters. The maximum Gasteiger partial charge on any atom is 0.343 e. The van der Waals surface area contributed by atoms with Gasteiger partial charge in [0, 0.05) is 35.6 Å². The molecule has 6 N–H and O–H groups in total. The predicted molar refractivity (Wildman–Crippen MR) is 250 cm³/mol. The van der Waals surface area contributed by atoms with E-state index in [-0.39, 0.29) is 60.0 Å². The van der Waals surface area contributed by atoms with Crippen molar-refractivity contribution in [2.24, 2.45) is 0 Å². The van der Waals surface area contributed by atoms with E-state index >= 15 is 0 Å². The molecule has 3 aliphatic rings. The molecule has 2 atom stereocenters. The lowest BCUT2D eigenvalue weighted by Crippen LogP contribution is -2.52. The van der Waals surface area contributed by atoms with Gasteiger partial charge in [0.2, 0.25) is 43.7 Å². The fraction of sp³-hybridized carbons (Fsp3) is 0.298. The Hall–Kier alpha value is -7.56. The van der Waals surface area contributed by atoms with Gasteiger partial charge in [-0.1, -0.05) is 43.3 Å². The lowest BCUT2D eigenvalue weighted by Gasteiger charge is -2.31. The van der Waals surface area contributed by atoms with E-state index in [9.17, 15) is 47.1 Å². The van der Waals surface area contributed by atoms with Gasteiger partial charge in [0.05, 0.1) is 77.6 Å². The van der Waals surface area contributed by atoms with Gasteiger partial charge in [0.1, 0.15) is 12.6 Å². The maximum atomic E-state index is 13.8. The summed E-state index contributed by atoms with van der Waals surface area (Å²) in [4.78, 5) is 101. The molecule has 9 rings (SSSR count). The summed E-state index contributed by atoms with van der Waals surface area (Å²) >= 11 is 0.990. The zero-order valence-electron chi connectivity index (χ0n) is 37.1. The molecular formula is C47H44N8O12S2. The molecule has 0 bridgehead atoms. The van der Waals surface area contributed by atoms with Crippen LogP contribution in [0.2, 0.25) is 0 Å². The second kappa shape index (κ2) is 18.5. The van der Waals surface area contributed by atoms with Gasteiger partial charge in [0.15, 0.2) is 11.4 Å². The molecule has 0 radical (unpaired) electrons. The van der Waals surface area contributed by atoms with Crippen molar-refractivity contribution in [1.82, 2.24) is 35.8 Å². The molecule has 0 saturated carbocycles. The fourth-order valence-corrected chi connectivity index (χ4v) is 10.6. The third kappa shape index (κ3) is 9.24. The van der Waals surface area contributed by atoms with Gasteiger partial charge in [0.25, 0.3) is 5.56 Å². The van der Waals surface area contributed by atoms with Crippen LogP contribution in [0.5, 0.6) is 5.75 Å². The summed E-state index contributed by atoms with van der Waals surface area (Å²) in [7, 11) is -3.49. The fourth-order valence-electron chi connectivity index (χ4n) is 8.69. The SMILES string of the molecule is CC[C@@]1(O)C(=O)OCc2c1cc1n(c2=O)Cc2c-1nc1ccc(NC(=O)CNC(=O)[C@H](Cc3ccccc3)NC(=O)CNC(=O)CNC(=O)Cc3ccc4nc(S(C)(=O)=O)sc4c3)c3c1c2CCO3. The number of thiazole rings is 1. The van der Waals surface area contributed by atoms with Gasteiger partial charge in [-0.05, 0) is 53.4 Å². The quantitative estimate of drug-likeness (QED) is 0.0791. The van der Waals surface area contributed by atoms with E-state index in [4.69, 9.17) is 14.5 Å². The molecular weight excluding hydrogens is 933 g/mol. The minimum absolute atomic E-state index is 0.0126. The van der Waals surface area contributed by atoms with E-state index in [1.807, 2.05) is 0 Å². The normalized spacial score (nSPS) is 16.0. The molecule has 0 fully saturated rings. The maximum absolute atomic E-state index is 13.8. The number of hydrogen-bond donors (Lipinski definition) is 6. The number of pyridine rings is 2. The first-order chi connectivity index (χ1) is 33.0. The Bertz CT molecular complexity index is 3340. The molecule has 3 aromatic carbocycles. The number of benzene rings is 3. The molecule has 0 spiro atoms. The van der Waals surface area contributed by atoms with E-state index in [0.717, 1.165) is 28.7 Å². The van der Waals surface area contributed by atoms with Gasteiger partial charge in [-0.15, -0.1) is 11.3 Å². The number of amides is 5. The first kappa shape index (κ1) is 46.5. The van der Waals surface area contributed by atoms with Crippen molar-refractivity contribution in [2.75, 3.05) is 37.8 Å². The van der Waals surface area contributed by atoms with Crippen LogP contribution in [-0.2, 0) is 81.4 Å². The zero-order valence-corrected chi connectivity index (χ0v) is 38.7. The molecule has 0 saturated heterocycles. The van der Waals surface area contributed by atoms with Crippen LogP contribution < -0.4 is 36.9 Å². The zero-order chi connectivity index (χ0) is 48.8. The molecule has 0 aliphatic carbocycles. The van der Waals surface area contributed by atoms with Crippen LogP contribution in [0.1, 0.15) is 46.7 Å². The van der Waals surface area contributed by atoms with Crippen molar-refractivity contribution in [2.45, 2.75) is 61.7 Å². The Kier molecular flexibility index (Phi) is 12.5. The summed E-state index contributed by atoms with van der Waals surface area (Å²) in [5, 5.41) is 24.8. The minimum atomic E-state index is -3.49. The molecule has 6 heterocycles. The Morgan fingerprint density at radius 3 is 2.35 bits per heavy atom. The minimum Gasteiger partial charge on any atom is -0.490 e. The Morgan fingerprint density at radius 1 is 0.841 bits per heavy atom. The van der Waals surface area contributed by atoms with Crippen LogP contribution in [0, 0.1) is 0 Å². The Balaban J connectivity index is 0.818. The van der Waals surface area contributed by atoms with Gasteiger partial charge in [-0.25, -0.2) is 23.2 Å². The van der Waals surface area contributed by atoms with E-state index < -0.39 is 76.6 Å². The van der Waals surface area contributed by atoms with Crippen LogP contribution in [0.4, 0.5) is 5.69 Å². The number of aliphatic hydroxyl groups is 1. The molecule has 3 aliphatic heterocycles. The number of ether oxygens (including phenoxy) is 2. The second-order valence-corrected chi connectivity index (χ2v) is 20.0. The highest BCUT2D eigenvalue weighted by Gasteiger charge is 2.45. The number of cyclic esters (lactones) is 1. The number of sulfone groups is 1. The number of nitrogens with zero attached hydrogens (tertiary/aromatic N) is 3. The highest BCUT2D eigenvalue weighted by molar-refractivity contribution is 7.92. The lowest BCUT2D eigenvalue weighted by atomic mass is 9.86. The van der Waals surface area contributed by atoms with Crippen molar-refractivity contribution >= 4 is 83.5 Å². The first-order valence-electron chi connectivity index (χ1n) is 21.8. The van der Waals surface area contributed by atoms with Gasteiger partial charge >= 0.3 is 5.97 Å². The predicted octanol–water partition coefficient (Wildman–Crippen LogP) is 1.29. The number of carbonyl (C=O) groups excluding carboxylic acids is 6. The van der Waals surface area contributed by atoms with Crippen molar-refractivity contribution in [3.63, 3.8) is 0 Å². The average molecular weight is 977 g/mol. The summed E-state index contributed by atoms with van der Waals surface area (Å²) < 4.78 is 37.2. The van der Waals surface area contributed by atoms with Gasteiger partial charge in [-0.3, -0.25) is 28.8 Å². The lowest BCUT2D eigenvalue weighted by molar-refractivity contribution is -0.172. The number of carbonyl (C=O) groups is 6. The summed E-state index contributed by atoms with van der Waals surface area (Å²) in [5.74, 6) is -3.58. The standard InChI is InChI=1S/C47H44N8O12S2/c1-3-47(63)29-18-34-41-27(22-55(34)44(61)28(29)23-67-45(47)62)26-13-14-66-42-32(12-11-31(53-41)40(26)42)51-39(59)21-50-43(60)33(15-24-7-5-4-6-8-24)52-38(58)20-49-37(57)19-48-36(56)17-25-9-10-30-35(16-25)68-46(54-30)69(2,64)65/h4-12,16,18,33,63H,3,13-15,17,19-23H2,1-2H3,(H,48,56)(H,49,57)(H,50,60)(H,51,59)(H,52,58)/t33-,47-/m0/s1. The first-order valence-corrected chi connectivity index (χ1v) is 24.5. The van der Waals surface area contributed by atoms with E-state index in [1.54, 1.807) is 78.2 Å². The van der Waals surface area contributed by atoms with Crippen LogP contribution >= 0.6 is 11.3 Å². The number of rotatable bonds is 15. The molecule has 5 amide bonds. The van der Waals surface area contributed by atoms with Crippen molar-refractivity contribution in [3.05, 3.63) is 110 Å². The summed E-state index contributed by atoms with van der Waals surface area (Å²) in [5.41, 5.74) is 3.35. The highest BCUT2D eigenvalue weighted by atomic mass is 32.2. The number of aromatic nitrogens is 3. The summed E-state index contributed by atoms with van der Waals surface area (Å²) in [6.07, 6.45) is 1.51. The Morgan fingerprint density at radius 2 is 1.58 bits per heavy atom. The second-order valence-electron chi connectivity index (χ2n) is 16.8. The third-order valence-corrected chi connectivity index (χ3v) is 14.9. The topological polar surface area (TPSA) is 283 Å². The molecule has 22 heteroatoms.